The molecule has 116 valence electrons. The van der Waals surface area contributed by atoms with Crippen molar-refractivity contribution in [3.8, 4) is 0 Å². The molecule has 1 saturated heterocycles. The minimum Gasteiger partial charge on any atom is -0.378 e. The highest BCUT2D eigenvalue weighted by atomic mass is 32.2. The van der Waals surface area contributed by atoms with Gasteiger partial charge in [0.15, 0.2) is 0 Å². The van der Waals surface area contributed by atoms with Gasteiger partial charge in [-0.25, -0.2) is 13.6 Å². The number of primary sulfonamides is 1. The van der Waals surface area contributed by atoms with E-state index in [0.717, 1.165) is 12.6 Å². The van der Waals surface area contributed by atoms with E-state index in [9.17, 15) is 18.5 Å². The average Bonchev–Trinajstić information content (AvgIpc) is 2.45. The number of benzene rings is 1. The Bertz CT molecular complexity index is 628. The van der Waals surface area contributed by atoms with Crippen molar-refractivity contribution in [2.75, 3.05) is 31.6 Å². The second-order valence-electron chi connectivity index (χ2n) is 4.59. The zero-order valence-corrected chi connectivity index (χ0v) is 11.9. The van der Waals surface area contributed by atoms with Gasteiger partial charge in [0.2, 0.25) is 10.0 Å². The van der Waals surface area contributed by atoms with Crippen LogP contribution in [0.25, 0.3) is 0 Å². The summed E-state index contributed by atoms with van der Waals surface area (Å²) in [5, 5.41) is 22.1. The zero-order chi connectivity index (χ0) is 15.5. The van der Waals surface area contributed by atoms with E-state index in [1.54, 1.807) is 0 Å². The van der Waals surface area contributed by atoms with Crippen LogP contribution in [-0.2, 0) is 14.8 Å². The number of nitro groups is 1. The lowest BCUT2D eigenvalue weighted by Gasteiger charge is -2.24. The summed E-state index contributed by atoms with van der Waals surface area (Å²) in [7, 11) is -3.98. The third kappa shape index (κ3) is 4.11. The fraction of sp³-hybridized carbons (Fsp3) is 0.455. The first-order valence-electron chi connectivity index (χ1n) is 6.24. The molecule has 1 aliphatic heterocycles. The van der Waals surface area contributed by atoms with Gasteiger partial charge in [-0.05, 0) is 12.1 Å². The van der Waals surface area contributed by atoms with Gasteiger partial charge in [-0.15, -0.1) is 0 Å². The molecular weight excluding hydrogens is 300 g/mol. The fourth-order valence-electron chi connectivity index (χ4n) is 1.97. The lowest BCUT2D eigenvalue weighted by Crippen LogP contribution is -2.45. The Morgan fingerprint density at radius 2 is 2.29 bits per heavy atom. The molecule has 0 radical (unpaired) electrons. The normalized spacial score (nSPS) is 19.2. The van der Waals surface area contributed by atoms with Crippen LogP contribution in [0.1, 0.15) is 0 Å². The third-order valence-corrected chi connectivity index (χ3v) is 3.94. The van der Waals surface area contributed by atoms with Gasteiger partial charge in [0.1, 0.15) is 5.69 Å². The van der Waals surface area contributed by atoms with Crippen LogP contribution in [0.15, 0.2) is 23.1 Å². The minimum absolute atomic E-state index is 0.0382. The highest BCUT2D eigenvalue weighted by Gasteiger charge is 2.20. The number of sulfonamides is 1. The van der Waals surface area contributed by atoms with E-state index in [-0.39, 0.29) is 22.3 Å². The van der Waals surface area contributed by atoms with Gasteiger partial charge < -0.3 is 15.4 Å². The van der Waals surface area contributed by atoms with Crippen LogP contribution < -0.4 is 15.8 Å². The monoisotopic (exact) mass is 316 g/mol. The summed E-state index contributed by atoms with van der Waals surface area (Å²) >= 11 is 0. The van der Waals surface area contributed by atoms with Crippen molar-refractivity contribution in [3.05, 3.63) is 28.3 Å². The second-order valence-corrected chi connectivity index (χ2v) is 6.15. The molecule has 0 amide bonds. The van der Waals surface area contributed by atoms with E-state index in [1.165, 1.54) is 12.1 Å². The SMILES string of the molecule is NS(=O)(=O)c1ccc(NCC2COCCN2)c([N+](=O)[O-])c1. The van der Waals surface area contributed by atoms with E-state index < -0.39 is 14.9 Å². The summed E-state index contributed by atoms with van der Waals surface area (Å²) < 4.78 is 27.7. The predicted octanol–water partition coefficient (Wildman–Crippen LogP) is -0.357. The van der Waals surface area contributed by atoms with Crippen molar-refractivity contribution in [3.63, 3.8) is 0 Å². The molecule has 1 aliphatic rings. The van der Waals surface area contributed by atoms with E-state index in [4.69, 9.17) is 9.88 Å². The topological polar surface area (TPSA) is 137 Å². The first-order chi connectivity index (χ1) is 9.88. The first-order valence-corrected chi connectivity index (χ1v) is 7.79. The van der Waals surface area contributed by atoms with Gasteiger partial charge in [0.25, 0.3) is 5.69 Å². The van der Waals surface area contributed by atoms with E-state index in [2.05, 4.69) is 10.6 Å². The van der Waals surface area contributed by atoms with Crippen LogP contribution in [0, 0.1) is 10.1 Å². The molecule has 2 rings (SSSR count). The Kier molecular flexibility index (Phi) is 4.73. The average molecular weight is 316 g/mol. The second kappa shape index (κ2) is 6.35. The Hall–Kier alpha value is -1.75. The number of ether oxygens (including phenoxy) is 1. The van der Waals surface area contributed by atoms with Crippen LogP contribution in [0.5, 0.6) is 0 Å². The summed E-state index contributed by atoms with van der Waals surface area (Å²) in [6, 6.07) is 3.55. The van der Waals surface area contributed by atoms with Gasteiger partial charge in [-0.1, -0.05) is 0 Å². The summed E-state index contributed by atoms with van der Waals surface area (Å²) in [4.78, 5) is 10.1. The number of rotatable bonds is 5. The smallest absolute Gasteiger partial charge is 0.293 e. The zero-order valence-electron chi connectivity index (χ0n) is 11.1. The molecule has 1 aromatic rings. The fourth-order valence-corrected chi connectivity index (χ4v) is 2.51. The Morgan fingerprint density at radius 3 is 2.86 bits per heavy atom. The summed E-state index contributed by atoms with van der Waals surface area (Å²) in [5.41, 5.74) is -0.0990. The summed E-state index contributed by atoms with van der Waals surface area (Å²) in [6.45, 7) is 2.30. The molecule has 9 nitrogen and oxygen atoms in total. The summed E-state index contributed by atoms with van der Waals surface area (Å²) in [6.07, 6.45) is 0. The van der Waals surface area contributed by atoms with Crippen LogP contribution in [0.4, 0.5) is 11.4 Å². The number of nitrogens with two attached hydrogens (primary N) is 1. The van der Waals surface area contributed by atoms with Crippen molar-refractivity contribution in [2.24, 2.45) is 5.14 Å². The van der Waals surface area contributed by atoms with E-state index >= 15 is 0 Å². The lowest BCUT2D eigenvalue weighted by atomic mass is 10.2. The largest absolute Gasteiger partial charge is 0.378 e. The quantitative estimate of drug-likeness (QED) is 0.498. The Morgan fingerprint density at radius 1 is 1.52 bits per heavy atom. The maximum atomic E-state index is 11.2. The van der Waals surface area contributed by atoms with E-state index in [0.29, 0.717) is 19.8 Å². The van der Waals surface area contributed by atoms with Crippen LogP contribution in [-0.4, -0.2) is 45.7 Å². The lowest BCUT2D eigenvalue weighted by molar-refractivity contribution is -0.384. The molecule has 0 aliphatic carbocycles. The first kappa shape index (κ1) is 15.6. The van der Waals surface area contributed by atoms with Crippen LogP contribution in [0.3, 0.4) is 0 Å². The third-order valence-electron chi connectivity index (χ3n) is 3.03. The van der Waals surface area contributed by atoms with Crippen LogP contribution in [0.2, 0.25) is 0 Å². The van der Waals surface area contributed by atoms with Crippen molar-refractivity contribution >= 4 is 21.4 Å². The molecule has 1 aromatic carbocycles. The number of nitrogens with zero attached hydrogens (tertiary/aromatic N) is 1. The van der Waals surface area contributed by atoms with Crippen molar-refractivity contribution in [1.29, 1.82) is 0 Å². The molecule has 0 bridgehead atoms. The number of nitrogens with one attached hydrogen (secondary N) is 2. The van der Waals surface area contributed by atoms with Gasteiger partial charge in [-0.2, -0.15) is 0 Å². The van der Waals surface area contributed by atoms with Gasteiger partial charge in [-0.3, -0.25) is 10.1 Å². The molecule has 10 heteroatoms. The summed E-state index contributed by atoms with van der Waals surface area (Å²) in [5.74, 6) is 0. The van der Waals surface area contributed by atoms with Gasteiger partial charge in [0, 0.05) is 25.2 Å². The minimum atomic E-state index is -3.98. The van der Waals surface area contributed by atoms with E-state index in [1.807, 2.05) is 0 Å². The standard InChI is InChI=1S/C11H16N4O5S/c12-21(18,19)9-1-2-10(11(5-9)15(16)17)14-6-8-7-20-4-3-13-8/h1-2,5,8,13-14H,3-4,6-7H2,(H2,12,18,19). The highest BCUT2D eigenvalue weighted by molar-refractivity contribution is 7.89. The molecule has 1 atom stereocenters. The molecule has 0 aromatic heterocycles. The number of nitro benzene ring substituents is 1. The number of morpholine rings is 1. The molecule has 0 saturated carbocycles. The molecule has 1 fully saturated rings. The molecule has 1 heterocycles. The number of hydrogen-bond donors (Lipinski definition) is 3. The van der Waals surface area contributed by atoms with Crippen LogP contribution >= 0.6 is 0 Å². The van der Waals surface area contributed by atoms with Crippen molar-refractivity contribution < 1.29 is 18.1 Å². The van der Waals surface area contributed by atoms with Gasteiger partial charge in [0.05, 0.1) is 23.0 Å². The Balaban J connectivity index is 2.16. The number of hydrogen-bond acceptors (Lipinski definition) is 7. The van der Waals surface area contributed by atoms with Gasteiger partial charge >= 0.3 is 0 Å². The maximum absolute atomic E-state index is 11.2. The highest BCUT2D eigenvalue weighted by Crippen LogP contribution is 2.27. The molecule has 21 heavy (non-hydrogen) atoms. The van der Waals surface area contributed by atoms with Crippen molar-refractivity contribution in [1.82, 2.24) is 5.32 Å². The number of anilines is 1. The molecule has 0 spiro atoms. The molecule has 1 unspecified atom stereocenters. The predicted molar refractivity (Wildman–Crippen MR) is 75.6 cm³/mol. The molecule has 4 N–H and O–H groups in total. The van der Waals surface area contributed by atoms with Crippen molar-refractivity contribution in [2.45, 2.75) is 10.9 Å². The molecular formula is C11H16N4O5S. The Labute approximate surface area is 121 Å². The maximum Gasteiger partial charge on any atom is 0.293 e.